The van der Waals surface area contributed by atoms with E-state index >= 15 is 0 Å². The van der Waals surface area contributed by atoms with Crippen LogP contribution in [-0.4, -0.2) is 61.5 Å². The highest BCUT2D eigenvalue weighted by molar-refractivity contribution is 5.95. The minimum Gasteiger partial charge on any atom is -0.336 e. The molecule has 0 radical (unpaired) electrons. The van der Waals surface area contributed by atoms with Gasteiger partial charge in [-0.05, 0) is 45.5 Å². The minimum atomic E-state index is 0. The minimum absolute atomic E-state index is 0. The largest absolute Gasteiger partial charge is 0.336 e. The predicted molar refractivity (Wildman–Crippen MR) is 93.9 cm³/mol. The molecule has 0 aliphatic carbocycles. The Morgan fingerprint density at radius 2 is 1.82 bits per heavy atom. The van der Waals surface area contributed by atoms with Gasteiger partial charge in [-0.15, -0.1) is 12.4 Å². The Morgan fingerprint density at radius 3 is 2.41 bits per heavy atom. The molecule has 1 heterocycles. The van der Waals surface area contributed by atoms with E-state index in [0.29, 0.717) is 6.04 Å². The SMILES string of the molecule is CNCCc1ccccc1C(=O)N1CCN(C(C)C)CC1.Cl. The van der Waals surface area contributed by atoms with Gasteiger partial charge in [-0.1, -0.05) is 18.2 Å². The summed E-state index contributed by atoms with van der Waals surface area (Å²) in [4.78, 5) is 17.2. The van der Waals surface area contributed by atoms with Gasteiger partial charge in [0.15, 0.2) is 0 Å². The Kier molecular flexibility index (Phi) is 7.87. The van der Waals surface area contributed by atoms with E-state index in [9.17, 15) is 4.79 Å². The maximum Gasteiger partial charge on any atom is 0.254 e. The quantitative estimate of drug-likeness (QED) is 0.900. The number of halogens is 1. The zero-order valence-corrected chi connectivity index (χ0v) is 14.7. The molecule has 124 valence electrons. The molecule has 0 saturated carbocycles. The third kappa shape index (κ3) is 4.70. The lowest BCUT2D eigenvalue weighted by Crippen LogP contribution is -2.50. The summed E-state index contributed by atoms with van der Waals surface area (Å²) in [5.74, 6) is 0.185. The molecule has 22 heavy (non-hydrogen) atoms. The van der Waals surface area contributed by atoms with Crippen molar-refractivity contribution in [1.82, 2.24) is 15.1 Å². The summed E-state index contributed by atoms with van der Waals surface area (Å²) in [5, 5.41) is 3.15. The molecular formula is C17H28ClN3O. The van der Waals surface area contributed by atoms with E-state index < -0.39 is 0 Å². The fraction of sp³-hybridized carbons (Fsp3) is 0.588. The number of nitrogens with zero attached hydrogens (tertiary/aromatic N) is 2. The first-order chi connectivity index (χ1) is 10.1. The summed E-state index contributed by atoms with van der Waals surface area (Å²) in [6, 6.07) is 8.56. The van der Waals surface area contributed by atoms with Crippen LogP contribution in [0.15, 0.2) is 24.3 Å². The van der Waals surface area contributed by atoms with Crippen molar-refractivity contribution in [3.8, 4) is 0 Å². The molecule has 2 rings (SSSR count). The zero-order valence-electron chi connectivity index (χ0n) is 13.8. The zero-order chi connectivity index (χ0) is 15.2. The van der Waals surface area contributed by atoms with Gasteiger partial charge in [-0.3, -0.25) is 9.69 Å². The van der Waals surface area contributed by atoms with E-state index in [1.807, 2.05) is 30.1 Å². The molecule has 1 aromatic carbocycles. The molecule has 1 fully saturated rings. The summed E-state index contributed by atoms with van der Waals surface area (Å²) in [6.45, 7) is 8.93. The summed E-state index contributed by atoms with van der Waals surface area (Å²) in [5.41, 5.74) is 2.01. The van der Waals surface area contributed by atoms with E-state index in [1.165, 1.54) is 0 Å². The number of rotatable bonds is 5. The first-order valence-electron chi connectivity index (χ1n) is 7.89. The van der Waals surface area contributed by atoms with Crippen molar-refractivity contribution in [2.24, 2.45) is 0 Å². The second-order valence-electron chi connectivity index (χ2n) is 5.93. The van der Waals surface area contributed by atoms with E-state index in [2.05, 4.69) is 30.1 Å². The Balaban J connectivity index is 0.00000242. The first kappa shape index (κ1) is 18.9. The molecule has 1 aliphatic heterocycles. The molecule has 0 spiro atoms. The van der Waals surface area contributed by atoms with Crippen LogP contribution in [0.4, 0.5) is 0 Å². The fourth-order valence-electron chi connectivity index (χ4n) is 2.82. The van der Waals surface area contributed by atoms with Crippen LogP contribution >= 0.6 is 12.4 Å². The highest BCUT2D eigenvalue weighted by Crippen LogP contribution is 2.15. The molecule has 1 amide bonds. The molecule has 4 nitrogen and oxygen atoms in total. The van der Waals surface area contributed by atoms with Gasteiger partial charge in [-0.25, -0.2) is 0 Å². The number of likely N-dealkylation sites (N-methyl/N-ethyl adjacent to an activating group) is 1. The smallest absolute Gasteiger partial charge is 0.254 e. The van der Waals surface area contributed by atoms with Crippen molar-refractivity contribution >= 4 is 18.3 Å². The molecule has 0 unspecified atom stereocenters. The fourth-order valence-corrected chi connectivity index (χ4v) is 2.82. The van der Waals surface area contributed by atoms with Crippen LogP contribution in [0, 0.1) is 0 Å². The molecular weight excluding hydrogens is 298 g/mol. The molecule has 0 bridgehead atoms. The molecule has 0 atom stereocenters. The first-order valence-corrected chi connectivity index (χ1v) is 7.89. The lowest BCUT2D eigenvalue weighted by molar-refractivity contribution is 0.0594. The average molecular weight is 326 g/mol. The molecule has 1 aromatic rings. The highest BCUT2D eigenvalue weighted by Gasteiger charge is 2.24. The van der Waals surface area contributed by atoms with E-state index in [-0.39, 0.29) is 18.3 Å². The van der Waals surface area contributed by atoms with Crippen LogP contribution < -0.4 is 5.32 Å². The van der Waals surface area contributed by atoms with Crippen molar-refractivity contribution in [2.45, 2.75) is 26.3 Å². The van der Waals surface area contributed by atoms with Crippen molar-refractivity contribution in [2.75, 3.05) is 39.8 Å². The molecule has 5 heteroatoms. The number of amides is 1. The number of carbonyl (C=O) groups excluding carboxylic acids is 1. The van der Waals surface area contributed by atoms with Gasteiger partial charge in [0, 0.05) is 37.8 Å². The molecule has 1 saturated heterocycles. The summed E-state index contributed by atoms with van der Waals surface area (Å²) in [7, 11) is 1.94. The number of piperazine rings is 1. The number of hydrogen-bond acceptors (Lipinski definition) is 3. The van der Waals surface area contributed by atoms with E-state index in [1.54, 1.807) is 0 Å². The number of carbonyl (C=O) groups is 1. The highest BCUT2D eigenvalue weighted by atomic mass is 35.5. The van der Waals surface area contributed by atoms with Crippen molar-refractivity contribution in [3.63, 3.8) is 0 Å². The van der Waals surface area contributed by atoms with Crippen molar-refractivity contribution < 1.29 is 4.79 Å². The number of hydrogen-bond donors (Lipinski definition) is 1. The van der Waals surface area contributed by atoms with Gasteiger partial charge in [-0.2, -0.15) is 0 Å². The third-order valence-corrected chi connectivity index (χ3v) is 4.22. The second kappa shape index (κ2) is 9.13. The van der Waals surface area contributed by atoms with E-state index in [4.69, 9.17) is 0 Å². The Labute approximate surface area is 140 Å². The van der Waals surface area contributed by atoms with Crippen molar-refractivity contribution in [1.29, 1.82) is 0 Å². The predicted octanol–water partition coefficient (Wildman–Crippen LogP) is 2.04. The summed E-state index contributed by atoms with van der Waals surface area (Å²) in [6.07, 6.45) is 0.893. The molecule has 1 N–H and O–H groups in total. The molecule has 1 aliphatic rings. The Morgan fingerprint density at radius 1 is 1.18 bits per heavy atom. The van der Waals surface area contributed by atoms with Gasteiger partial charge in [0.2, 0.25) is 0 Å². The van der Waals surface area contributed by atoms with Crippen molar-refractivity contribution in [3.05, 3.63) is 35.4 Å². The van der Waals surface area contributed by atoms with Crippen LogP contribution in [0.5, 0.6) is 0 Å². The maximum absolute atomic E-state index is 12.7. The third-order valence-electron chi connectivity index (χ3n) is 4.22. The van der Waals surface area contributed by atoms with Crippen LogP contribution in [0.25, 0.3) is 0 Å². The Hall–Kier alpha value is -1.10. The second-order valence-corrected chi connectivity index (χ2v) is 5.93. The number of benzene rings is 1. The Bertz CT molecular complexity index is 471. The van der Waals surface area contributed by atoms with Crippen LogP contribution in [0.2, 0.25) is 0 Å². The average Bonchev–Trinajstić information content (AvgIpc) is 2.52. The lowest BCUT2D eigenvalue weighted by Gasteiger charge is -2.37. The van der Waals surface area contributed by atoms with Gasteiger partial charge < -0.3 is 10.2 Å². The van der Waals surface area contributed by atoms with Crippen LogP contribution in [-0.2, 0) is 6.42 Å². The van der Waals surface area contributed by atoms with Gasteiger partial charge in [0.05, 0.1) is 0 Å². The maximum atomic E-state index is 12.7. The standard InChI is InChI=1S/C17H27N3O.ClH/c1-14(2)19-10-12-20(13-11-19)17(21)16-7-5-4-6-15(16)8-9-18-3;/h4-7,14,18H,8-13H2,1-3H3;1H. The number of nitrogens with one attached hydrogen (secondary N) is 1. The normalized spacial score (nSPS) is 15.7. The molecule has 0 aromatic heterocycles. The van der Waals surface area contributed by atoms with Gasteiger partial charge >= 0.3 is 0 Å². The van der Waals surface area contributed by atoms with Crippen LogP contribution in [0.1, 0.15) is 29.8 Å². The van der Waals surface area contributed by atoms with Gasteiger partial charge in [0.1, 0.15) is 0 Å². The monoisotopic (exact) mass is 325 g/mol. The summed E-state index contributed by atoms with van der Waals surface area (Å²) < 4.78 is 0. The van der Waals surface area contributed by atoms with Gasteiger partial charge in [0.25, 0.3) is 5.91 Å². The topological polar surface area (TPSA) is 35.6 Å². The van der Waals surface area contributed by atoms with E-state index in [0.717, 1.165) is 50.3 Å². The summed E-state index contributed by atoms with van der Waals surface area (Å²) >= 11 is 0. The lowest BCUT2D eigenvalue weighted by atomic mass is 10.0. The van der Waals surface area contributed by atoms with Crippen LogP contribution in [0.3, 0.4) is 0 Å².